The van der Waals surface area contributed by atoms with Crippen molar-refractivity contribution in [2.45, 2.75) is 83.4 Å². The van der Waals surface area contributed by atoms with Crippen LogP contribution < -0.4 is 21.7 Å². The van der Waals surface area contributed by atoms with Gasteiger partial charge in [-0.1, -0.05) is 43.7 Å². The van der Waals surface area contributed by atoms with Crippen LogP contribution in [-0.2, 0) is 30.4 Å². The Morgan fingerprint density at radius 2 is 1.65 bits per heavy atom. The molecule has 0 spiro atoms. The molecule has 1 unspecified atom stereocenters. The lowest BCUT2D eigenvalue weighted by atomic mass is 9.89. The molecular weight excluding hydrogens is 570 g/mol. The fourth-order valence-corrected chi connectivity index (χ4v) is 5.65. The highest BCUT2D eigenvalue weighted by Crippen LogP contribution is 2.23. The van der Waals surface area contributed by atoms with Gasteiger partial charge in [0.05, 0.1) is 11.3 Å². The predicted octanol–water partition coefficient (Wildman–Crippen LogP) is 2.48. The maximum absolute atomic E-state index is 13.3. The Kier molecular flexibility index (Phi) is 15.2. The number of benzene rings is 1. The van der Waals surface area contributed by atoms with Crippen LogP contribution in [-0.4, -0.2) is 77.5 Å². The van der Waals surface area contributed by atoms with Gasteiger partial charge < -0.3 is 21.7 Å². The van der Waals surface area contributed by atoms with Gasteiger partial charge in [-0.2, -0.15) is 11.8 Å². The first-order valence-electron chi connectivity index (χ1n) is 15.0. The summed E-state index contributed by atoms with van der Waals surface area (Å²) in [6.45, 7) is 6.80. The van der Waals surface area contributed by atoms with Crippen molar-refractivity contribution in [2.24, 2.45) is 17.6 Å². The molecule has 12 heteroatoms. The molecule has 5 N–H and O–H groups in total. The fraction of sp³-hybridized carbons (Fsp3) is 0.613. The van der Waals surface area contributed by atoms with E-state index < -0.39 is 12.1 Å². The standard InChI is InChI=1S/C31H47N5O6S/c1-20(2)23(8-5-15-33-27(38)10-7-17-36-28(39)19-26(43-4)30(36)41)29(40)35-24(9-6-16-34-31(32)42)25(37)18-22-13-11-21(3)12-14-22/h11-14,20,23-24,26H,5-10,15-19H2,1-4H3,(H,33,38)(H,35,40)(H3,32,34,42)/t23-,24-,26?/m0/s1. The van der Waals surface area contributed by atoms with Crippen LogP contribution in [0.5, 0.6) is 0 Å². The average Bonchev–Trinajstić information content (AvgIpc) is 3.23. The monoisotopic (exact) mass is 617 g/mol. The van der Waals surface area contributed by atoms with E-state index in [0.717, 1.165) is 11.1 Å². The van der Waals surface area contributed by atoms with Gasteiger partial charge in [-0.25, -0.2) is 4.79 Å². The van der Waals surface area contributed by atoms with Gasteiger partial charge in [0.15, 0.2) is 5.78 Å². The SMILES string of the molecule is CSC1CC(=O)N(CCCC(=O)NCCC[C@H](C(=O)N[C@@H](CCCNC(N)=O)C(=O)Cc2ccc(C)cc2)C(C)C)C1=O. The number of ketones is 1. The van der Waals surface area contributed by atoms with Gasteiger partial charge in [0.2, 0.25) is 23.6 Å². The van der Waals surface area contributed by atoms with E-state index in [1.165, 1.54) is 16.7 Å². The van der Waals surface area contributed by atoms with Crippen LogP contribution in [0.1, 0.15) is 69.9 Å². The number of Topliss-reactive ketones (excluding diaryl/α,β-unsaturated/α-hetero) is 1. The van der Waals surface area contributed by atoms with Gasteiger partial charge in [0, 0.05) is 44.8 Å². The normalized spacial score (nSPS) is 16.2. The third-order valence-electron chi connectivity index (χ3n) is 7.60. The largest absolute Gasteiger partial charge is 0.356 e. The number of nitrogens with one attached hydrogen (secondary N) is 3. The Morgan fingerprint density at radius 1 is 1.00 bits per heavy atom. The van der Waals surface area contributed by atoms with Gasteiger partial charge in [-0.3, -0.25) is 28.9 Å². The molecule has 3 atom stereocenters. The van der Waals surface area contributed by atoms with Crippen LogP contribution in [0.25, 0.3) is 0 Å². The van der Waals surface area contributed by atoms with Crippen molar-refractivity contribution in [3.05, 3.63) is 35.4 Å². The summed E-state index contributed by atoms with van der Waals surface area (Å²) in [7, 11) is 0. The second-order valence-corrected chi connectivity index (χ2v) is 12.4. The molecule has 0 aromatic heterocycles. The van der Waals surface area contributed by atoms with Gasteiger partial charge in [-0.05, 0) is 56.8 Å². The van der Waals surface area contributed by atoms with E-state index in [1.807, 2.05) is 45.0 Å². The van der Waals surface area contributed by atoms with E-state index in [1.54, 1.807) is 6.26 Å². The molecular formula is C31H47N5O6S. The van der Waals surface area contributed by atoms with E-state index >= 15 is 0 Å². The van der Waals surface area contributed by atoms with Gasteiger partial charge in [-0.15, -0.1) is 0 Å². The molecule has 1 heterocycles. The molecule has 1 aliphatic rings. The molecule has 43 heavy (non-hydrogen) atoms. The van der Waals surface area contributed by atoms with E-state index in [2.05, 4.69) is 16.0 Å². The number of nitrogens with two attached hydrogens (primary N) is 1. The summed E-state index contributed by atoms with van der Waals surface area (Å²) in [5.74, 6) is -1.20. The average molecular weight is 618 g/mol. The van der Waals surface area contributed by atoms with Crippen LogP contribution in [0.3, 0.4) is 0 Å². The van der Waals surface area contributed by atoms with Crippen molar-refractivity contribution in [1.29, 1.82) is 0 Å². The van der Waals surface area contributed by atoms with Crippen molar-refractivity contribution < 1.29 is 28.8 Å². The lowest BCUT2D eigenvalue weighted by molar-refractivity contribution is -0.138. The number of primary amides is 1. The van der Waals surface area contributed by atoms with Crippen LogP contribution in [0, 0.1) is 18.8 Å². The molecule has 238 valence electrons. The lowest BCUT2D eigenvalue weighted by Crippen LogP contribution is -2.46. The number of rotatable bonds is 19. The Hall–Kier alpha value is -3.41. The molecule has 0 aliphatic carbocycles. The molecule has 1 aromatic rings. The summed E-state index contributed by atoms with van der Waals surface area (Å²) in [4.78, 5) is 75.4. The number of carbonyl (C=O) groups excluding carboxylic acids is 6. The molecule has 1 fully saturated rings. The molecule has 2 rings (SSSR count). The summed E-state index contributed by atoms with van der Waals surface area (Å²) < 4.78 is 0. The highest BCUT2D eigenvalue weighted by atomic mass is 32.2. The topological polar surface area (TPSA) is 168 Å². The van der Waals surface area contributed by atoms with E-state index in [9.17, 15) is 28.8 Å². The number of carbonyl (C=O) groups is 6. The summed E-state index contributed by atoms with van der Waals surface area (Å²) >= 11 is 1.36. The summed E-state index contributed by atoms with van der Waals surface area (Å²) in [6.07, 6.45) is 4.74. The molecule has 0 saturated carbocycles. The minimum Gasteiger partial charge on any atom is -0.356 e. The fourth-order valence-electron chi connectivity index (χ4n) is 5.02. The van der Waals surface area contributed by atoms with E-state index in [-0.39, 0.29) is 72.3 Å². The lowest BCUT2D eigenvalue weighted by Gasteiger charge is -2.24. The smallest absolute Gasteiger partial charge is 0.312 e. The molecule has 1 saturated heterocycles. The molecule has 1 aromatic carbocycles. The first kappa shape index (κ1) is 35.8. The summed E-state index contributed by atoms with van der Waals surface area (Å²) in [5, 5.41) is 8.00. The maximum Gasteiger partial charge on any atom is 0.312 e. The summed E-state index contributed by atoms with van der Waals surface area (Å²) in [5.41, 5.74) is 7.10. The number of nitrogens with zero attached hydrogens (tertiary/aromatic N) is 1. The Balaban J connectivity index is 1.84. The zero-order valence-electron chi connectivity index (χ0n) is 25.8. The number of amides is 6. The van der Waals surface area contributed by atoms with E-state index in [0.29, 0.717) is 45.2 Å². The number of hydrogen-bond donors (Lipinski definition) is 4. The second-order valence-electron chi connectivity index (χ2n) is 11.4. The van der Waals surface area contributed by atoms with Gasteiger partial charge in [0.25, 0.3) is 0 Å². The van der Waals surface area contributed by atoms with Crippen molar-refractivity contribution in [1.82, 2.24) is 20.9 Å². The third-order valence-corrected chi connectivity index (χ3v) is 8.54. The highest BCUT2D eigenvalue weighted by molar-refractivity contribution is 8.00. The minimum absolute atomic E-state index is 0.0146. The first-order valence-corrected chi connectivity index (χ1v) is 16.3. The van der Waals surface area contributed by atoms with Gasteiger partial charge in [0.1, 0.15) is 0 Å². The molecule has 0 radical (unpaired) electrons. The maximum atomic E-state index is 13.3. The minimum atomic E-state index is -0.704. The third kappa shape index (κ3) is 12.4. The van der Waals surface area contributed by atoms with Gasteiger partial charge >= 0.3 is 6.03 Å². The van der Waals surface area contributed by atoms with Crippen LogP contribution >= 0.6 is 11.8 Å². The molecule has 6 amide bonds. The molecule has 0 bridgehead atoms. The van der Waals surface area contributed by atoms with Crippen molar-refractivity contribution in [3.63, 3.8) is 0 Å². The van der Waals surface area contributed by atoms with Crippen molar-refractivity contribution >= 4 is 47.2 Å². The van der Waals surface area contributed by atoms with Crippen LogP contribution in [0.4, 0.5) is 4.79 Å². The highest BCUT2D eigenvalue weighted by Gasteiger charge is 2.37. The number of urea groups is 1. The number of likely N-dealkylation sites (tertiary alicyclic amines) is 1. The van der Waals surface area contributed by atoms with Crippen molar-refractivity contribution in [3.8, 4) is 0 Å². The number of imide groups is 1. The molecule has 1 aliphatic heterocycles. The second kappa shape index (κ2) is 18.3. The zero-order chi connectivity index (χ0) is 31.9. The molecule has 11 nitrogen and oxygen atoms in total. The Morgan fingerprint density at radius 3 is 2.26 bits per heavy atom. The van der Waals surface area contributed by atoms with E-state index in [4.69, 9.17) is 5.73 Å². The quantitative estimate of drug-likeness (QED) is 0.137. The predicted molar refractivity (Wildman–Crippen MR) is 167 cm³/mol. The van der Waals surface area contributed by atoms with Crippen LogP contribution in [0.15, 0.2) is 24.3 Å². The summed E-state index contributed by atoms with van der Waals surface area (Å²) in [6, 6.07) is 6.34. The Labute approximate surface area is 258 Å². The Bertz CT molecular complexity index is 1130. The van der Waals surface area contributed by atoms with Crippen molar-refractivity contribution in [2.75, 3.05) is 25.9 Å². The number of thioether (sulfide) groups is 1. The number of aryl methyl sites for hydroxylation is 1. The zero-order valence-corrected chi connectivity index (χ0v) is 26.6. The first-order chi connectivity index (χ1) is 20.4. The van der Waals surface area contributed by atoms with Crippen LogP contribution in [0.2, 0.25) is 0 Å². The number of hydrogen-bond acceptors (Lipinski definition) is 7.